The van der Waals surface area contributed by atoms with Crippen LogP contribution < -0.4 is 4.90 Å². The molecule has 0 fully saturated rings. The zero-order valence-corrected chi connectivity index (χ0v) is 15.1. The Kier molecular flexibility index (Phi) is 5.27. The number of ether oxygens (including phenoxy) is 1. The molecule has 3 rings (SSSR count). The van der Waals surface area contributed by atoms with Crippen molar-refractivity contribution in [2.75, 3.05) is 19.1 Å². The molecule has 26 heavy (non-hydrogen) atoms. The lowest BCUT2D eigenvalue weighted by Gasteiger charge is -2.20. The van der Waals surface area contributed by atoms with Gasteiger partial charge in [-0.15, -0.1) is 0 Å². The predicted octanol–water partition coefficient (Wildman–Crippen LogP) is 3.88. The second kappa shape index (κ2) is 7.78. The molecule has 0 unspecified atom stereocenters. The number of hydrogen-bond donors (Lipinski definition) is 0. The molecule has 0 aliphatic carbocycles. The van der Waals surface area contributed by atoms with Crippen LogP contribution >= 0.6 is 0 Å². The second-order valence-electron chi connectivity index (χ2n) is 6.03. The van der Waals surface area contributed by atoms with Gasteiger partial charge in [-0.05, 0) is 12.5 Å². The van der Waals surface area contributed by atoms with Crippen molar-refractivity contribution < 1.29 is 9.53 Å². The maximum absolute atomic E-state index is 12.3. The van der Waals surface area contributed by atoms with Crippen LogP contribution in [0.5, 0.6) is 0 Å². The van der Waals surface area contributed by atoms with Gasteiger partial charge in [0, 0.05) is 19.2 Å². The summed E-state index contributed by atoms with van der Waals surface area (Å²) in [6.45, 7) is 2.48. The van der Waals surface area contributed by atoms with Gasteiger partial charge in [0.25, 0.3) is 0 Å². The normalized spacial score (nSPS) is 10.4. The molecule has 0 N–H and O–H groups in total. The Labute approximate surface area is 153 Å². The van der Waals surface area contributed by atoms with Crippen molar-refractivity contribution in [2.24, 2.45) is 0 Å². The monoisotopic (exact) mass is 347 g/mol. The van der Waals surface area contributed by atoms with E-state index in [0.29, 0.717) is 29.4 Å². The number of methoxy groups -OCH3 is 1. The van der Waals surface area contributed by atoms with Crippen LogP contribution in [0.1, 0.15) is 21.6 Å². The number of aromatic nitrogens is 2. The summed E-state index contributed by atoms with van der Waals surface area (Å²) in [5.41, 5.74) is 3.60. The van der Waals surface area contributed by atoms with Gasteiger partial charge >= 0.3 is 5.97 Å². The minimum Gasteiger partial charge on any atom is -0.465 e. The molecule has 5 nitrogen and oxygen atoms in total. The SMILES string of the molecule is COC(=O)c1c(C)nc(N(C)Cc2ccccc2)nc1-c1ccccc1. The first-order valence-corrected chi connectivity index (χ1v) is 8.37. The largest absolute Gasteiger partial charge is 0.465 e. The Morgan fingerprint density at radius 2 is 1.62 bits per heavy atom. The highest BCUT2D eigenvalue weighted by Gasteiger charge is 2.21. The van der Waals surface area contributed by atoms with Crippen molar-refractivity contribution >= 4 is 11.9 Å². The highest BCUT2D eigenvalue weighted by Crippen LogP contribution is 2.26. The van der Waals surface area contributed by atoms with Gasteiger partial charge in [-0.1, -0.05) is 60.7 Å². The minimum atomic E-state index is -0.432. The summed E-state index contributed by atoms with van der Waals surface area (Å²) in [6, 6.07) is 19.7. The lowest BCUT2D eigenvalue weighted by molar-refractivity contribution is 0.0600. The van der Waals surface area contributed by atoms with Crippen LogP contribution in [0.25, 0.3) is 11.3 Å². The fourth-order valence-electron chi connectivity index (χ4n) is 2.81. The Morgan fingerprint density at radius 3 is 2.23 bits per heavy atom. The molecule has 0 aliphatic rings. The topological polar surface area (TPSA) is 55.3 Å². The molecular formula is C21H21N3O2. The molecule has 5 heteroatoms. The van der Waals surface area contributed by atoms with Crippen LogP contribution in [-0.2, 0) is 11.3 Å². The fourth-order valence-corrected chi connectivity index (χ4v) is 2.81. The zero-order chi connectivity index (χ0) is 18.5. The van der Waals surface area contributed by atoms with E-state index in [1.54, 1.807) is 6.92 Å². The van der Waals surface area contributed by atoms with E-state index >= 15 is 0 Å². The molecule has 0 spiro atoms. The van der Waals surface area contributed by atoms with Gasteiger partial charge < -0.3 is 9.64 Å². The van der Waals surface area contributed by atoms with Gasteiger partial charge in [-0.25, -0.2) is 14.8 Å². The van der Waals surface area contributed by atoms with Crippen LogP contribution in [0.2, 0.25) is 0 Å². The van der Waals surface area contributed by atoms with Gasteiger partial charge in [0.1, 0.15) is 5.56 Å². The Morgan fingerprint density at radius 1 is 1.00 bits per heavy atom. The Hall–Kier alpha value is -3.21. The Balaban J connectivity index is 2.05. The van der Waals surface area contributed by atoms with E-state index in [2.05, 4.69) is 22.1 Å². The van der Waals surface area contributed by atoms with Gasteiger partial charge in [-0.3, -0.25) is 0 Å². The molecule has 0 aliphatic heterocycles. The molecular weight excluding hydrogens is 326 g/mol. The number of aryl methyl sites for hydroxylation is 1. The van der Waals surface area contributed by atoms with Crippen molar-refractivity contribution in [3.05, 3.63) is 77.5 Å². The highest BCUT2D eigenvalue weighted by atomic mass is 16.5. The van der Waals surface area contributed by atoms with E-state index in [9.17, 15) is 4.79 Å². The Bertz CT molecular complexity index is 896. The number of anilines is 1. The number of rotatable bonds is 5. The molecule has 0 atom stereocenters. The first kappa shape index (κ1) is 17.6. The van der Waals surface area contributed by atoms with Crippen LogP contribution in [0.15, 0.2) is 60.7 Å². The number of carbonyl (C=O) groups is 1. The van der Waals surface area contributed by atoms with Crippen molar-refractivity contribution in [1.29, 1.82) is 0 Å². The van der Waals surface area contributed by atoms with E-state index in [4.69, 9.17) is 4.74 Å². The van der Waals surface area contributed by atoms with Crippen molar-refractivity contribution in [2.45, 2.75) is 13.5 Å². The van der Waals surface area contributed by atoms with E-state index in [1.807, 2.05) is 60.5 Å². The molecule has 1 aromatic heterocycles. The molecule has 1 heterocycles. The first-order chi connectivity index (χ1) is 12.6. The lowest BCUT2D eigenvalue weighted by atomic mass is 10.0. The van der Waals surface area contributed by atoms with E-state index in [0.717, 1.165) is 11.1 Å². The minimum absolute atomic E-state index is 0.399. The third-order valence-corrected chi connectivity index (χ3v) is 4.12. The maximum atomic E-state index is 12.3. The van der Waals surface area contributed by atoms with Crippen LogP contribution in [-0.4, -0.2) is 30.1 Å². The number of nitrogens with zero attached hydrogens (tertiary/aromatic N) is 3. The number of carbonyl (C=O) groups excluding carboxylic acids is 1. The molecule has 0 saturated heterocycles. The first-order valence-electron chi connectivity index (χ1n) is 8.37. The summed E-state index contributed by atoms with van der Waals surface area (Å²) in [5, 5.41) is 0. The molecule has 2 aromatic carbocycles. The predicted molar refractivity (Wildman–Crippen MR) is 102 cm³/mol. The maximum Gasteiger partial charge on any atom is 0.341 e. The van der Waals surface area contributed by atoms with E-state index in [1.165, 1.54) is 7.11 Å². The number of esters is 1. The van der Waals surface area contributed by atoms with E-state index in [-0.39, 0.29) is 0 Å². The molecule has 0 radical (unpaired) electrons. The van der Waals surface area contributed by atoms with E-state index < -0.39 is 5.97 Å². The third kappa shape index (κ3) is 3.72. The fraction of sp³-hybridized carbons (Fsp3) is 0.190. The summed E-state index contributed by atoms with van der Waals surface area (Å²) in [7, 11) is 3.31. The van der Waals surface area contributed by atoms with Crippen molar-refractivity contribution in [1.82, 2.24) is 9.97 Å². The molecule has 3 aromatic rings. The van der Waals surface area contributed by atoms with Gasteiger partial charge in [0.2, 0.25) is 5.95 Å². The standard InChI is InChI=1S/C21H21N3O2/c1-15-18(20(25)26-3)19(17-12-8-5-9-13-17)23-21(22-15)24(2)14-16-10-6-4-7-11-16/h4-13H,14H2,1-3H3. The lowest BCUT2D eigenvalue weighted by Crippen LogP contribution is -2.21. The quantitative estimate of drug-likeness (QED) is 0.656. The van der Waals surface area contributed by atoms with Crippen LogP contribution in [0.3, 0.4) is 0 Å². The molecule has 132 valence electrons. The number of hydrogen-bond acceptors (Lipinski definition) is 5. The summed E-state index contributed by atoms with van der Waals surface area (Å²) in [4.78, 5) is 23.5. The second-order valence-corrected chi connectivity index (χ2v) is 6.03. The van der Waals surface area contributed by atoms with Crippen LogP contribution in [0, 0.1) is 6.92 Å². The zero-order valence-electron chi connectivity index (χ0n) is 15.1. The molecule has 0 saturated carbocycles. The average Bonchev–Trinajstić information content (AvgIpc) is 2.68. The summed E-state index contributed by atoms with van der Waals surface area (Å²) in [5.74, 6) is 0.136. The van der Waals surface area contributed by atoms with Crippen LogP contribution in [0.4, 0.5) is 5.95 Å². The van der Waals surface area contributed by atoms with Gasteiger partial charge in [-0.2, -0.15) is 0 Å². The van der Waals surface area contributed by atoms with Gasteiger partial charge in [0.15, 0.2) is 0 Å². The molecule has 0 amide bonds. The van der Waals surface area contributed by atoms with Gasteiger partial charge in [0.05, 0.1) is 18.5 Å². The highest BCUT2D eigenvalue weighted by molar-refractivity contribution is 5.97. The average molecular weight is 347 g/mol. The third-order valence-electron chi connectivity index (χ3n) is 4.12. The van der Waals surface area contributed by atoms with Crippen molar-refractivity contribution in [3.8, 4) is 11.3 Å². The summed E-state index contributed by atoms with van der Waals surface area (Å²) in [6.07, 6.45) is 0. The summed E-state index contributed by atoms with van der Waals surface area (Å²) >= 11 is 0. The van der Waals surface area contributed by atoms with Crippen molar-refractivity contribution in [3.63, 3.8) is 0 Å². The number of benzene rings is 2. The summed E-state index contributed by atoms with van der Waals surface area (Å²) < 4.78 is 4.94. The smallest absolute Gasteiger partial charge is 0.341 e. The molecule has 0 bridgehead atoms.